The second-order valence-electron chi connectivity index (χ2n) is 5.49. The molecule has 1 aliphatic rings. The molecule has 1 N–H and O–H groups in total. The van der Waals surface area contributed by atoms with Crippen LogP contribution >= 0.6 is 11.6 Å². The average Bonchev–Trinajstić information content (AvgIpc) is 2.60. The Bertz CT molecular complexity index is 458. The van der Waals surface area contributed by atoms with E-state index in [9.17, 15) is 4.79 Å². The molecule has 1 heterocycles. The zero-order chi connectivity index (χ0) is 13.8. The summed E-state index contributed by atoms with van der Waals surface area (Å²) in [6, 6.07) is 6.13. The second kappa shape index (κ2) is 6.42. The van der Waals surface area contributed by atoms with E-state index >= 15 is 0 Å². The zero-order valence-corrected chi connectivity index (χ0v) is 12.5. The van der Waals surface area contributed by atoms with Gasteiger partial charge in [0.15, 0.2) is 0 Å². The lowest BCUT2D eigenvalue weighted by atomic mass is 9.95. The van der Waals surface area contributed by atoms with E-state index in [0.717, 1.165) is 48.9 Å². The Morgan fingerprint density at radius 1 is 1.42 bits per heavy atom. The van der Waals surface area contributed by atoms with Crippen LogP contribution in [0.4, 0.5) is 0 Å². The number of aryl methyl sites for hydroxylation is 1. The van der Waals surface area contributed by atoms with Gasteiger partial charge in [0.25, 0.3) is 5.91 Å². The predicted molar refractivity (Wildman–Crippen MR) is 79.8 cm³/mol. The fourth-order valence-corrected chi connectivity index (χ4v) is 2.89. The lowest BCUT2D eigenvalue weighted by Gasteiger charge is -2.16. The van der Waals surface area contributed by atoms with Crippen LogP contribution in [0.2, 0.25) is 0 Å². The van der Waals surface area contributed by atoms with E-state index < -0.39 is 0 Å². The molecule has 1 amide bonds. The number of halogens is 1. The number of fused-ring (bicyclic) bond motifs is 1. The van der Waals surface area contributed by atoms with Crippen LogP contribution in [0.1, 0.15) is 60.0 Å². The van der Waals surface area contributed by atoms with E-state index in [1.165, 1.54) is 0 Å². The van der Waals surface area contributed by atoms with Gasteiger partial charge in [0.05, 0.1) is 5.38 Å². The number of carbonyl (C=O) groups excluding carboxylic acids is 1. The van der Waals surface area contributed by atoms with Crippen molar-refractivity contribution in [1.29, 1.82) is 0 Å². The summed E-state index contributed by atoms with van der Waals surface area (Å²) in [7, 11) is 0. The number of benzene rings is 1. The van der Waals surface area contributed by atoms with E-state index in [4.69, 9.17) is 11.6 Å². The molecule has 0 radical (unpaired) electrons. The maximum atomic E-state index is 12.0. The quantitative estimate of drug-likeness (QED) is 0.827. The molecule has 1 aromatic carbocycles. The number of amides is 1. The van der Waals surface area contributed by atoms with Crippen molar-refractivity contribution >= 4 is 17.5 Å². The number of carbonyl (C=O) groups is 1. The van der Waals surface area contributed by atoms with Crippen molar-refractivity contribution in [2.75, 3.05) is 6.54 Å². The molecular formula is C16H22ClNO. The Kier molecular flexibility index (Phi) is 4.87. The van der Waals surface area contributed by atoms with Crippen molar-refractivity contribution in [3.63, 3.8) is 0 Å². The van der Waals surface area contributed by atoms with E-state index in [0.29, 0.717) is 5.92 Å². The minimum Gasteiger partial charge on any atom is -0.352 e. The molecule has 0 aliphatic carbocycles. The Morgan fingerprint density at radius 2 is 2.21 bits per heavy atom. The number of hydrogen-bond donors (Lipinski definition) is 1. The first-order valence-electron chi connectivity index (χ1n) is 7.17. The largest absolute Gasteiger partial charge is 0.352 e. The molecule has 2 rings (SSSR count). The van der Waals surface area contributed by atoms with Crippen molar-refractivity contribution in [2.24, 2.45) is 5.92 Å². The monoisotopic (exact) mass is 279 g/mol. The third-order valence-electron chi connectivity index (χ3n) is 3.95. The van der Waals surface area contributed by atoms with Crippen LogP contribution in [0.15, 0.2) is 18.2 Å². The Morgan fingerprint density at radius 3 is 2.95 bits per heavy atom. The molecule has 104 valence electrons. The summed E-state index contributed by atoms with van der Waals surface area (Å²) in [6.07, 6.45) is 4.06. The van der Waals surface area contributed by atoms with Gasteiger partial charge >= 0.3 is 0 Å². The molecular weight excluding hydrogens is 258 g/mol. The maximum absolute atomic E-state index is 12.0. The molecule has 0 spiro atoms. The van der Waals surface area contributed by atoms with Crippen molar-refractivity contribution < 1.29 is 4.79 Å². The summed E-state index contributed by atoms with van der Waals surface area (Å²) in [5.41, 5.74) is 3.02. The van der Waals surface area contributed by atoms with E-state index in [2.05, 4.69) is 31.3 Å². The van der Waals surface area contributed by atoms with Crippen LogP contribution in [-0.2, 0) is 6.42 Å². The Balaban J connectivity index is 2.22. The highest BCUT2D eigenvalue weighted by Gasteiger charge is 2.18. The Hall–Kier alpha value is -1.02. The summed E-state index contributed by atoms with van der Waals surface area (Å²) < 4.78 is 0. The van der Waals surface area contributed by atoms with Gasteiger partial charge < -0.3 is 5.32 Å². The van der Waals surface area contributed by atoms with Gasteiger partial charge in [0.2, 0.25) is 0 Å². The molecule has 2 unspecified atom stereocenters. The number of nitrogens with one attached hydrogen (secondary N) is 1. The molecule has 0 saturated carbocycles. The molecule has 0 saturated heterocycles. The van der Waals surface area contributed by atoms with Gasteiger partial charge in [-0.25, -0.2) is 0 Å². The van der Waals surface area contributed by atoms with Crippen LogP contribution < -0.4 is 5.32 Å². The lowest BCUT2D eigenvalue weighted by molar-refractivity contribution is 0.0956. The van der Waals surface area contributed by atoms with Gasteiger partial charge in [-0.2, -0.15) is 0 Å². The molecule has 0 fully saturated rings. The summed E-state index contributed by atoms with van der Waals surface area (Å²) in [6.45, 7) is 5.16. The van der Waals surface area contributed by atoms with Gasteiger partial charge in [-0.15, -0.1) is 11.6 Å². The molecule has 2 nitrogen and oxygen atoms in total. The van der Waals surface area contributed by atoms with Crippen molar-refractivity contribution in [3.8, 4) is 0 Å². The van der Waals surface area contributed by atoms with Gasteiger partial charge in [-0.3, -0.25) is 4.79 Å². The third-order valence-corrected chi connectivity index (χ3v) is 4.39. The van der Waals surface area contributed by atoms with Gasteiger partial charge in [-0.1, -0.05) is 32.4 Å². The lowest BCUT2D eigenvalue weighted by Crippen LogP contribution is -2.22. The van der Waals surface area contributed by atoms with Gasteiger partial charge in [-0.05, 0) is 42.4 Å². The summed E-state index contributed by atoms with van der Waals surface area (Å²) in [5.74, 6) is 0.650. The number of rotatable bonds is 4. The highest BCUT2D eigenvalue weighted by molar-refractivity contribution is 6.20. The van der Waals surface area contributed by atoms with E-state index in [1.54, 1.807) is 0 Å². The van der Waals surface area contributed by atoms with Crippen molar-refractivity contribution in [1.82, 2.24) is 5.32 Å². The highest BCUT2D eigenvalue weighted by Crippen LogP contribution is 2.30. The fraction of sp³-hybridized carbons (Fsp3) is 0.562. The first-order chi connectivity index (χ1) is 9.11. The first kappa shape index (κ1) is 14.4. The topological polar surface area (TPSA) is 29.1 Å². The SMILES string of the molecule is CCC(C)CC(Cl)c1ccc2c(c1)C(=O)NCCC2. The summed E-state index contributed by atoms with van der Waals surface area (Å²) in [4.78, 5) is 12.0. The van der Waals surface area contributed by atoms with Crippen LogP contribution in [0, 0.1) is 5.92 Å². The van der Waals surface area contributed by atoms with Crippen LogP contribution in [0.3, 0.4) is 0 Å². The third kappa shape index (κ3) is 3.50. The molecule has 19 heavy (non-hydrogen) atoms. The normalized spacial score (nSPS) is 18.2. The highest BCUT2D eigenvalue weighted by atomic mass is 35.5. The second-order valence-corrected chi connectivity index (χ2v) is 6.02. The average molecular weight is 280 g/mol. The summed E-state index contributed by atoms with van der Waals surface area (Å²) >= 11 is 6.48. The van der Waals surface area contributed by atoms with Gasteiger partial charge in [0.1, 0.15) is 0 Å². The van der Waals surface area contributed by atoms with Crippen LogP contribution in [-0.4, -0.2) is 12.5 Å². The minimum absolute atomic E-state index is 0.00342. The Labute approximate surface area is 120 Å². The van der Waals surface area contributed by atoms with Gasteiger partial charge in [0, 0.05) is 12.1 Å². The maximum Gasteiger partial charge on any atom is 0.251 e. The molecule has 2 atom stereocenters. The summed E-state index contributed by atoms with van der Waals surface area (Å²) in [5, 5.41) is 2.93. The molecule has 1 aliphatic heterocycles. The first-order valence-corrected chi connectivity index (χ1v) is 7.60. The molecule has 1 aromatic rings. The fourth-order valence-electron chi connectivity index (χ4n) is 2.45. The number of hydrogen-bond acceptors (Lipinski definition) is 1. The molecule has 0 bridgehead atoms. The molecule has 0 aromatic heterocycles. The van der Waals surface area contributed by atoms with Crippen molar-refractivity contribution in [2.45, 2.75) is 44.9 Å². The van der Waals surface area contributed by atoms with Crippen molar-refractivity contribution in [3.05, 3.63) is 34.9 Å². The van der Waals surface area contributed by atoms with Crippen LogP contribution in [0.25, 0.3) is 0 Å². The van der Waals surface area contributed by atoms with E-state index in [1.807, 2.05) is 6.07 Å². The van der Waals surface area contributed by atoms with E-state index in [-0.39, 0.29) is 11.3 Å². The smallest absolute Gasteiger partial charge is 0.251 e. The molecule has 3 heteroatoms. The predicted octanol–water partition coefficient (Wildman–Crippen LogP) is 4.08. The zero-order valence-electron chi connectivity index (χ0n) is 11.7. The number of alkyl halides is 1. The standard InChI is InChI=1S/C16H22ClNO/c1-3-11(2)9-15(17)13-7-6-12-5-4-8-18-16(19)14(12)10-13/h6-7,10-11,15H,3-5,8-9H2,1-2H3,(H,18,19). The minimum atomic E-state index is -0.00342. The van der Waals surface area contributed by atoms with Crippen LogP contribution in [0.5, 0.6) is 0 Å².